The SMILES string of the molecule is c1ccc(CC[n+]2c3ccccc3cc3[nH]c4ccccc4c32)cc1. The molecule has 0 unspecified atom stereocenters. The lowest BCUT2D eigenvalue weighted by Crippen LogP contribution is -2.36. The third-order valence-electron chi connectivity index (χ3n) is 4.97. The zero-order valence-corrected chi connectivity index (χ0v) is 13.9. The van der Waals surface area contributed by atoms with Crippen LogP contribution in [-0.2, 0) is 13.0 Å². The van der Waals surface area contributed by atoms with Crippen molar-refractivity contribution in [2.45, 2.75) is 13.0 Å². The van der Waals surface area contributed by atoms with Crippen LogP contribution in [0, 0.1) is 0 Å². The predicted molar refractivity (Wildman–Crippen MR) is 104 cm³/mol. The van der Waals surface area contributed by atoms with Crippen molar-refractivity contribution in [3.05, 3.63) is 90.5 Å². The number of nitrogens with one attached hydrogen (secondary N) is 1. The van der Waals surface area contributed by atoms with Gasteiger partial charge in [-0.2, -0.15) is 4.57 Å². The van der Waals surface area contributed by atoms with Gasteiger partial charge in [0.05, 0.1) is 10.9 Å². The number of hydrogen-bond donors (Lipinski definition) is 1. The molecule has 0 aliphatic heterocycles. The van der Waals surface area contributed by atoms with Crippen molar-refractivity contribution in [2.24, 2.45) is 0 Å². The predicted octanol–water partition coefficient (Wildman–Crippen LogP) is 5.00. The minimum atomic E-state index is 0.962. The molecule has 5 rings (SSSR count). The number of fused-ring (bicyclic) bond motifs is 4. The number of pyridine rings is 1. The Morgan fingerprint density at radius 3 is 2.40 bits per heavy atom. The summed E-state index contributed by atoms with van der Waals surface area (Å²) in [5, 5.41) is 2.56. The number of nitrogens with zero attached hydrogens (tertiary/aromatic N) is 1. The molecule has 0 saturated heterocycles. The van der Waals surface area contributed by atoms with Gasteiger partial charge in [0.25, 0.3) is 0 Å². The molecule has 0 amide bonds. The zero-order valence-electron chi connectivity index (χ0n) is 13.9. The smallest absolute Gasteiger partial charge is 0.238 e. The number of aromatic amines is 1. The number of aryl methyl sites for hydroxylation is 2. The Morgan fingerprint density at radius 1 is 0.720 bits per heavy atom. The van der Waals surface area contributed by atoms with Gasteiger partial charge in [-0.3, -0.25) is 0 Å². The highest BCUT2D eigenvalue weighted by Gasteiger charge is 2.19. The summed E-state index contributed by atoms with van der Waals surface area (Å²) < 4.78 is 2.47. The largest absolute Gasteiger partial charge is 0.349 e. The molecule has 2 aromatic heterocycles. The summed E-state index contributed by atoms with van der Waals surface area (Å²) in [6.45, 7) is 0.962. The maximum absolute atomic E-state index is 3.59. The Labute approximate surface area is 146 Å². The first-order valence-corrected chi connectivity index (χ1v) is 8.76. The quantitative estimate of drug-likeness (QED) is 0.451. The van der Waals surface area contributed by atoms with Crippen molar-refractivity contribution >= 4 is 32.8 Å². The highest BCUT2D eigenvalue weighted by molar-refractivity contribution is 6.05. The molecule has 5 aromatic rings. The van der Waals surface area contributed by atoms with Crippen molar-refractivity contribution in [2.75, 3.05) is 0 Å². The van der Waals surface area contributed by atoms with Crippen LogP contribution in [0.2, 0.25) is 0 Å². The van der Waals surface area contributed by atoms with Gasteiger partial charge in [0, 0.05) is 17.9 Å². The molecule has 0 atom stereocenters. The Bertz CT molecular complexity index is 1190. The third-order valence-corrected chi connectivity index (χ3v) is 4.97. The van der Waals surface area contributed by atoms with E-state index in [1.807, 2.05) is 0 Å². The van der Waals surface area contributed by atoms with Gasteiger partial charge in [0.1, 0.15) is 5.52 Å². The standard InChI is InChI=1S/C23H18N2/c1-2-8-17(9-3-1)14-15-25-22-13-7-4-10-18(22)16-21-23(25)19-11-5-6-12-20(19)24-21/h1-13,16H,14-15H2/p+1. The number of hydrogen-bond acceptors (Lipinski definition) is 0. The summed E-state index contributed by atoms with van der Waals surface area (Å²) in [7, 11) is 0. The van der Waals surface area contributed by atoms with Crippen molar-refractivity contribution < 1.29 is 4.57 Å². The second-order valence-corrected chi connectivity index (χ2v) is 6.52. The van der Waals surface area contributed by atoms with Crippen LogP contribution in [0.4, 0.5) is 0 Å². The number of H-pyrrole nitrogens is 1. The summed E-state index contributed by atoms with van der Waals surface area (Å²) >= 11 is 0. The van der Waals surface area contributed by atoms with Crippen LogP contribution in [0.5, 0.6) is 0 Å². The van der Waals surface area contributed by atoms with Crippen LogP contribution in [0.15, 0.2) is 84.9 Å². The van der Waals surface area contributed by atoms with Crippen LogP contribution in [0.1, 0.15) is 5.56 Å². The van der Waals surface area contributed by atoms with Gasteiger partial charge in [-0.15, -0.1) is 0 Å². The number of rotatable bonds is 3. The molecule has 120 valence electrons. The van der Waals surface area contributed by atoms with E-state index in [0.717, 1.165) is 13.0 Å². The van der Waals surface area contributed by atoms with Gasteiger partial charge in [-0.25, -0.2) is 0 Å². The van der Waals surface area contributed by atoms with Crippen molar-refractivity contribution in [3.8, 4) is 0 Å². The summed E-state index contributed by atoms with van der Waals surface area (Å²) in [5.41, 5.74) is 6.35. The molecular formula is C23H19N2+. The lowest BCUT2D eigenvalue weighted by molar-refractivity contribution is -0.644. The van der Waals surface area contributed by atoms with Gasteiger partial charge >= 0.3 is 0 Å². The highest BCUT2D eigenvalue weighted by Crippen LogP contribution is 2.25. The Morgan fingerprint density at radius 2 is 1.48 bits per heavy atom. The fraction of sp³-hybridized carbons (Fsp3) is 0.0870. The molecule has 3 aromatic carbocycles. The van der Waals surface area contributed by atoms with Crippen LogP contribution in [-0.4, -0.2) is 4.98 Å². The molecule has 2 heteroatoms. The van der Waals surface area contributed by atoms with Gasteiger partial charge in [0.2, 0.25) is 11.0 Å². The lowest BCUT2D eigenvalue weighted by atomic mass is 10.1. The lowest BCUT2D eigenvalue weighted by Gasteiger charge is -2.04. The minimum absolute atomic E-state index is 0.962. The van der Waals surface area contributed by atoms with Crippen LogP contribution >= 0.6 is 0 Å². The van der Waals surface area contributed by atoms with Crippen molar-refractivity contribution in [1.29, 1.82) is 0 Å². The van der Waals surface area contributed by atoms with E-state index in [0.29, 0.717) is 0 Å². The first kappa shape index (κ1) is 14.2. The molecule has 0 saturated carbocycles. The van der Waals surface area contributed by atoms with Gasteiger partial charge in [-0.1, -0.05) is 54.6 Å². The summed E-state index contributed by atoms with van der Waals surface area (Å²) in [4.78, 5) is 3.59. The first-order chi connectivity index (χ1) is 12.4. The molecule has 0 fully saturated rings. The maximum Gasteiger partial charge on any atom is 0.238 e. The van der Waals surface area contributed by atoms with E-state index in [1.54, 1.807) is 0 Å². The Balaban J connectivity index is 1.77. The highest BCUT2D eigenvalue weighted by atomic mass is 15.0. The molecule has 1 N–H and O–H groups in total. The first-order valence-electron chi connectivity index (χ1n) is 8.76. The second kappa shape index (κ2) is 5.75. The van der Waals surface area contributed by atoms with Crippen molar-refractivity contribution in [1.82, 2.24) is 4.98 Å². The summed E-state index contributed by atoms with van der Waals surface area (Å²) in [5.74, 6) is 0. The van der Waals surface area contributed by atoms with Gasteiger partial charge < -0.3 is 4.98 Å². The van der Waals surface area contributed by atoms with Crippen molar-refractivity contribution in [3.63, 3.8) is 0 Å². The third kappa shape index (κ3) is 2.38. The fourth-order valence-electron chi connectivity index (χ4n) is 3.79. The molecule has 0 spiro atoms. The van der Waals surface area contributed by atoms with E-state index in [2.05, 4.69) is 94.5 Å². The molecule has 2 nitrogen and oxygen atoms in total. The second-order valence-electron chi connectivity index (χ2n) is 6.52. The Hall–Kier alpha value is -3.13. The molecule has 0 radical (unpaired) electrons. The molecule has 25 heavy (non-hydrogen) atoms. The summed E-state index contributed by atoms with van der Waals surface area (Å²) in [6.07, 6.45) is 1.02. The zero-order chi connectivity index (χ0) is 16.6. The number of para-hydroxylation sites is 2. The number of aromatic nitrogens is 2. The van der Waals surface area contributed by atoms with E-state index < -0.39 is 0 Å². The fourth-order valence-corrected chi connectivity index (χ4v) is 3.79. The average Bonchev–Trinajstić information content (AvgIpc) is 3.04. The normalized spacial score (nSPS) is 11.5. The maximum atomic E-state index is 3.59. The number of benzene rings is 3. The topological polar surface area (TPSA) is 19.7 Å². The van der Waals surface area contributed by atoms with E-state index >= 15 is 0 Å². The van der Waals surface area contributed by atoms with E-state index in [4.69, 9.17) is 0 Å². The van der Waals surface area contributed by atoms with E-state index in [9.17, 15) is 0 Å². The van der Waals surface area contributed by atoms with E-state index in [1.165, 1.54) is 38.4 Å². The Kier molecular flexibility index (Phi) is 3.27. The van der Waals surface area contributed by atoms with E-state index in [-0.39, 0.29) is 0 Å². The molecule has 0 bridgehead atoms. The summed E-state index contributed by atoms with van der Waals surface area (Å²) in [6, 6.07) is 30.2. The molecule has 2 heterocycles. The van der Waals surface area contributed by atoms with Crippen LogP contribution in [0.3, 0.4) is 0 Å². The monoisotopic (exact) mass is 323 g/mol. The van der Waals surface area contributed by atoms with Gasteiger partial charge in [-0.05, 0) is 29.8 Å². The average molecular weight is 323 g/mol. The molecular weight excluding hydrogens is 304 g/mol. The van der Waals surface area contributed by atoms with Crippen LogP contribution in [0.25, 0.3) is 32.8 Å². The minimum Gasteiger partial charge on any atom is -0.349 e. The molecule has 0 aliphatic carbocycles. The van der Waals surface area contributed by atoms with Crippen LogP contribution < -0.4 is 4.57 Å². The molecule has 0 aliphatic rings. The van der Waals surface area contributed by atoms with Gasteiger partial charge in [0.15, 0.2) is 6.54 Å².